The number of ether oxygens (including phenoxy) is 1. The molecule has 1 heterocycles. The minimum absolute atomic E-state index is 0.0365. The predicted octanol–water partition coefficient (Wildman–Crippen LogP) is 3.20. The van der Waals surface area contributed by atoms with Crippen molar-refractivity contribution in [3.63, 3.8) is 0 Å². The van der Waals surface area contributed by atoms with Crippen molar-refractivity contribution in [1.29, 1.82) is 0 Å². The molecule has 0 saturated heterocycles. The van der Waals surface area contributed by atoms with Crippen LogP contribution in [0.4, 0.5) is 11.4 Å². The number of aliphatic imine (C=N–C) groups is 1. The van der Waals surface area contributed by atoms with Crippen LogP contribution in [-0.4, -0.2) is 36.7 Å². The molecule has 0 aliphatic carbocycles. The molecule has 0 fully saturated rings. The van der Waals surface area contributed by atoms with Gasteiger partial charge in [0, 0.05) is 34.9 Å². The van der Waals surface area contributed by atoms with E-state index < -0.39 is 4.92 Å². The molecule has 3 rings (SSSR count). The number of hydrogen-bond donors (Lipinski definition) is 0. The summed E-state index contributed by atoms with van der Waals surface area (Å²) in [7, 11) is 0. The zero-order valence-corrected chi connectivity index (χ0v) is 14.7. The molecule has 0 saturated carbocycles. The minimum Gasteiger partial charge on any atom is -0.484 e. The van der Waals surface area contributed by atoms with Gasteiger partial charge in [0.15, 0.2) is 6.61 Å². The van der Waals surface area contributed by atoms with Crippen LogP contribution >= 0.6 is 15.9 Å². The Bertz CT molecular complexity index is 836. The fraction of sp³-hybridized carbons (Fsp3) is 0.176. The van der Waals surface area contributed by atoms with E-state index in [1.54, 1.807) is 29.3 Å². The molecule has 0 atom stereocenters. The lowest BCUT2D eigenvalue weighted by molar-refractivity contribution is -0.384. The molecule has 0 unspecified atom stereocenters. The Morgan fingerprint density at radius 3 is 2.76 bits per heavy atom. The van der Waals surface area contributed by atoms with Gasteiger partial charge >= 0.3 is 0 Å². The largest absolute Gasteiger partial charge is 0.484 e. The second-order valence-corrected chi connectivity index (χ2v) is 6.24. The van der Waals surface area contributed by atoms with E-state index in [-0.39, 0.29) is 18.2 Å². The third-order valence-corrected chi connectivity index (χ3v) is 4.20. The molecule has 0 N–H and O–H groups in total. The number of benzodiazepines with no additional fused rings is 1. The van der Waals surface area contributed by atoms with Gasteiger partial charge in [-0.3, -0.25) is 19.9 Å². The first-order valence-electron chi connectivity index (χ1n) is 7.51. The van der Waals surface area contributed by atoms with Gasteiger partial charge in [-0.2, -0.15) is 0 Å². The summed E-state index contributed by atoms with van der Waals surface area (Å²) >= 11 is 3.34. The Morgan fingerprint density at radius 1 is 1.28 bits per heavy atom. The summed E-state index contributed by atoms with van der Waals surface area (Å²) in [6.45, 7) is 0.689. The molecule has 1 aliphatic heterocycles. The summed E-state index contributed by atoms with van der Waals surface area (Å²) in [5.41, 5.74) is 1.10. The van der Waals surface area contributed by atoms with E-state index in [2.05, 4.69) is 20.9 Å². The Kier molecular flexibility index (Phi) is 5.08. The summed E-state index contributed by atoms with van der Waals surface area (Å²) in [4.78, 5) is 28.8. The molecule has 2 aromatic carbocycles. The lowest BCUT2D eigenvalue weighted by Crippen LogP contribution is -2.36. The van der Waals surface area contributed by atoms with Crippen molar-refractivity contribution in [3.05, 3.63) is 62.6 Å². The van der Waals surface area contributed by atoms with Gasteiger partial charge in [0.1, 0.15) is 5.75 Å². The number of rotatable bonds is 4. The molecule has 7 nitrogen and oxygen atoms in total. The first-order valence-corrected chi connectivity index (χ1v) is 8.31. The van der Waals surface area contributed by atoms with Gasteiger partial charge in [-0.05, 0) is 30.3 Å². The van der Waals surface area contributed by atoms with Crippen LogP contribution in [0.25, 0.3) is 0 Å². The lowest BCUT2D eigenvalue weighted by Gasteiger charge is -2.22. The molecule has 1 amide bonds. The normalized spacial score (nSPS) is 13.1. The molecule has 1 aliphatic rings. The highest BCUT2D eigenvalue weighted by Crippen LogP contribution is 2.26. The monoisotopic (exact) mass is 403 g/mol. The van der Waals surface area contributed by atoms with Gasteiger partial charge in [-0.1, -0.05) is 15.9 Å². The second-order valence-electron chi connectivity index (χ2n) is 5.32. The van der Waals surface area contributed by atoms with E-state index in [1.807, 2.05) is 12.1 Å². The van der Waals surface area contributed by atoms with E-state index >= 15 is 0 Å². The number of anilines is 1. The highest BCUT2D eigenvalue weighted by Gasteiger charge is 2.22. The predicted molar refractivity (Wildman–Crippen MR) is 97.5 cm³/mol. The maximum absolute atomic E-state index is 12.6. The van der Waals surface area contributed by atoms with E-state index in [1.165, 1.54) is 12.1 Å². The molecule has 0 radical (unpaired) electrons. The fourth-order valence-corrected chi connectivity index (χ4v) is 2.72. The average molecular weight is 404 g/mol. The smallest absolute Gasteiger partial charge is 0.270 e. The molecule has 0 bridgehead atoms. The number of nitro benzene ring substituents is 1. The van der Waals surface area contributed by atoms with Gasteiger partial charge in [0.2, 0.25) is 0 Å². The summed E-state index contributed by atoms with van der Waals surface area (Å²) < 4.78 is 6.46. The van der Waals surface area contributed by atoms with Crippen molar-refractivity contribution < 1.29 is 14.5 Å². The zero-order chi connectivity index (χ0) is 17.8. The van der Waals surface area contributed by atoms with Crippen LogP contribution in [0.3, 0.4) is 0 Å². The van der Waals surface area contributed by atoms with Crippen LogP contribution in [0.5, 0.6) is 5.75 Å². The van der Waals surface area contributed by atoms with Gasteiger partial charge in [0.25, 0.3) is 11.6 Å². The molecule has 25 heavy (non-hydrogen) atoms. The van der Waals surface area contributed by atoms with E-state index in [0.717, 1.165) is 4.47 Å². The lowest BCUT2D eigenvalue weighted by atomic mass is 10.1. The number of carbonyl (C=O) groups excluding carboxylic acids is 1. The molecular weight excluding hydrogens is 390 g/mol. The van der Waals surface area contributed by atoms with Gasteiger partial charge in [0.05, 0.1) is 17.2 Å². The van der Waals surface area contributed by atoms with Crippen LogP contribution < -0.4 is 9.64 Å². The van der Waals surface area contributed by atoms with E-state index in [0.29, 0.717) is 30.1 Å². The molecular formula is C17H14BrN3O4. The first-order chi connectivity index (χ1) is 12.0. The van der Waals surface area contributed by atoms with Crippen LogP contribution in [0.1, 0.15) is 5.56 Å². The summed E-state index contributed by atoms with van der Waals surface area (Å²) in [6.07, 6.45) is 1.56. The second kappa shape index (κ2) is 7.43. The molecule has 0 spiro atoms. The van der Waals surface area contributed by atoms with Crippen molar-refractivity contribution in [3.8, 4) is 5.75 Å². The Labute approximate surface area is 152 Å². The highest BCUT2D eigenvalue weighted by molar-refractivity contribution is 9.10. The minimum atomic E-state index is -0.470. The number of halogens is 1. The number of amides is 1. The van der Waals surface area contributed by atoms with E-state index in [9.17, 15) is 14.9 Å². The third-order valence-electron chi connectivity index (χ3n) is 3.67. The van der Waals surface area contributed by atoms with Crippen LogP contribution in [0.2, 0.25) is 0 Å². The van der Waals surface area contributed by atoms with Crippen molar-refractivity contribution in [1.82, 2.24) is 0 Å². The zero-order valence-electron chi connectivity index (χ0n) is 13.1. The molecule has 2 aromatic rings. The number of carbonyl (C=O) groups is 1. The summed E-state index contributed by atoms with van der Waals surface area (Å²) in [5, 5.41) is 10.9. The van der Waals surface area contributed by atoms with Crippen LogP contribution in [0.15, 0.2) is 51.9 Å². The third kappa shape index (κ3) is 4.03. The Hall–Kier alpha value is -2.74. The topological polar surface area (TPSA) is 85.0 Å². The quantitative estimate of drug-likeness (QED) is 0.579. The Morgan fingerprint density at radius 2 is 2.04 bits per heavy atom. The number of nitrogens with zero attached hydrogens (tertiary/aromatic N) is 3. The average Bonchev–Trinajstić information content (AvgIpc) is 2.82. The van der Waals surface area contributed by atoms with Crippen molar-refractivity contribution in [2.24, 2.45) is 4.99 Å². The number of fused-ring (bicyclic) bond motifs is 1. The summed E-state index contributed by atoms with van der Waals surface area (Å²) in [5.74, 6) is 0.357. The number of non-ortho nitro benzene ring substituents is 1. The Balaban J connectivity index is 1.77. The number of nitro groups is 1. The molecule has 128 valence electrons. The van der Waals surface area contributed by atoms with Gasteiger partial charge in [-0.25, -0.2) is 0 Å². The maximum atomic E-state index is 12.6. The highest BCUT2D eigenvalue weighted by atomic mass is 79.9. The fourth-order valence-electron chi connectivity index (χ4n) is 2.46. The van der Waals surface area contributed by atoms with Gasteiger partial charge in [-0.15, -0.1) is 0 Å². The standard InChI is InChI=1S/C17H14BrN3O4/c18-13-1-4-15(5-2-13)25-11-17(22)20-8-7-19-10-12-9-14(21(23)24)3-6-16(12)20/h1-6,9-10H,7-8,11H2. The van der Waals surface area contributed by atoms with Crippen molar-refractivity contribution in [2.45, 2.75) is 0 Å². The van der Waals surface area contributed by atoms with Crippen molar-refractivity contribution in [2.75, 3.05) is 24.6 Å². The van der Waals surface area contributed by atoms with Crippen molar-refractivity contribution >= 4 is 39.4 Å². The number of benzene rings is 2. The number of hydrogen-bond acceptors (Lipinski definition) is 5. The van der Waals surface area contributed by atoms with E-state index in [4.69, 9.17) is 4.74 Å². The van der Waals surface area contributed by atoms with Gasteiger partial charge < -0.3 is 9.64 Å². The SMILES string of the molecule is O=C(COc1ccc(Br)cc1)N1CCN=Cc2cc([N+](=O)[O-])ccc21. The maximum Gasteiger partial charge on any atom is 0.270 e. The molecule has 0 aromatic heterocycles. The summed E-state index contributed by atoms with van der Waals surface area (Å²) in [6, 6.07) is 11.6. The van der Waals surface area contributed by atoms with Crippen LogP contribution in [0, 0.1) is 10.1 Å². The first kappa shape index (κ1) is 17.1. The molecule has 8 heteroatoms. The van der Waals surface area contributed by atoms with Crippen LogP contribution in [-0.2, 0) is 4.79 Å².